The molecular formula is C29H31ClN2O5S. The molecule has 2 heterocycles. The summed E-state index contributed by atoms with van der Waals surface area (Å²) in [6.45, 7) is 10.1. The fourth-order valence-corrected chi connectivity index (χ4v) is 5.38. The molecular weight excluding hydrogens is 524 g/mol. The van der Waals surface area contributed by atoms with Crippen molar-refractivity contribution < 1.29 is 19.0 Å². The minimum atomic E-state index is -0.819. The van der Waals surface area contributed by atoms with E-state index in [-0.39, 0.29) is 17.2 Å². The summed E-state index contributed by atoms with van der Waals surface area (Å²) >= 11 is 7.62. The van der Waals surface area contributed by atoms with E-state index in [0.717, 1.165) is 11.3 Å². The third-order valence-corrected chi connectivity index (χ3v) is 7.05. The maximum absolute atomic E-state index is 13.8. The van der Waals surface area contributed by atoms with Gasteiger partial charge >= 0.3 is 5.97 Å². The molecule has 0 aliphatic carbocycles. The molecule has 3 aromatic rings. The van der Waals surface area contributed by atoms with Gasteiger partial charge in [-0.05, 0) is 68.7 Å². The first-order chi connectivity index (χ1) is 18.1. The Hall–Kier alpha value is -3.36. The first kappa shape index (κ1) is 27.7. The minimum Gasteiger partial charge on any atom is -0.496 e. The molecule has 0 N–H and O–H groups in total. The lowest BCUT2D eigenvalue weighted by molar-refractivity contribution is -0.143. The van der Waals surface area contributed by atoms with Gasteiger partial charge in [0, 0.05) is 10.6 Å². The van der Waals surface area contributed by atoms with Crippen LogP contribution in [0.5, 0.6) is 11.5 Å². The second kappa shape index (κ2) is 11.6. The molecule has 7 nitrogen and oxygen atoms in total. The number of halogens is 1. The second-order valence-corrected chi connectivity index (χ2v) is 11.1. The predicted octanol–water partition coefficient (Wildman–Crippen LogP) is 4.88. The van der Waals surface area contributed by atoms with Crippen molar-refractivity contribution in [2.75, 3.05) is 13.7 Å². The number of allylic oxidation sites excluding steroid dienone is 1. The van der Waals surface area contributed by atoms with Crippen molar-refractivity contribution in [3.63, 3.8) is 0 Å². The predicted molar refractivity (Wildman–Crippen MR) is 150 cm³/mol. The zero-order valence-corrected chi connectivity index (χ0v) is 23.9. The van der Waals surface area contributed by atoms with Gasteiger partial charge in [-0.3, -0.25) is 9.36 Å². The Morgan fingerprint density at radius 2 is 1.87 bits per heavy atom. The lowest BCUT2D eigenvalue weighted by atomic mass is 9.95. The molecule has 0 saturated heterocycles. The van der Waals surface area contributed by atoms with Gasteiger partial charge in [0.15, 0.2) is 4.80 Å². The van der Waals surface area contributed by atoms with Crippen LogP contribution in [0.15, 0.2) is 63.5 Å². The van der Waals surface area contributed by atoms with E-state index in [1.54, 1.807) is 39.0 Å². The maximum Gasteiger partial charge on any atom is 0.338 e. The lowest BCUT2D eigenvalue weighted by Crippen LogP contribution is -2.40. The van der Waals surface area contributed by atoms with Gasteiger partial charge in [0.25, 0.3) is 5.56 Å². The molecule has 1 aliphatic heterocycles. The van der Waals surface area contributed by atoms with Gasteiger partial charge in [0.05, 0.1) is 35.6 Å². The van der Waals surface area contributed by atoms with Crippen LogP contribution in [0.2, 0.25) is 5.02 Å². The van der Waals surface area contributed by atoms with Crippen LogP contribution in [-0.4, -0.2) is 30.4 Å². The molecule has 0 radical (unpaired) electrons. The first-order valence-electron chi connectivity index (χ1n) is 12.4. The molecule has 0 spiro atoms. The Balaban J connectivity index is 1.87. The van der Waals surface area contributed by atoms with Crippen LogP contribution in [0.4, 0.5) is 0 Å². The van der Waals surface area contributed by atoms with Crippen molar-refractivity contribution in [2.45, 2.75) is 46.8 Å². The number of carbonyl (C=O) groups excluding carboxylic acids is 1. The molecule has 4 rings (SSSR count). The average Bonchev–Trinajstić information content (AvgIpc) is 3.16. The number of methoxy groups -OCH3 is 1. The molecule has 1 aromatic heterocycles. The third-order valence-electron chi connectivity index (χ3n) is 5.83. The molecule has 0 fully saturated rings. The van der Waals surface area contributed by atoms with Gasteiger partial charge in [-0.1, -0.05) is 48.9 Å². The molecule has 1 aliphatic rings. The summed E-state index contributed by atoms with van der Waals surface area (Å²) in [7, 11) is 1.54. The fourth-order valence-electron chi connectivity index (χ4n) is 4.15. The van der Waals surface area contributed by atoms with Crippen molar-refractivity contribution in [1.82, 2.24) is 4.57 Å². The zero-order valence-electron chi connectivity index (χ0n) is 22.3. The van der Waals surface area contributed by atoms with Crippen molar-refractivity contribution >= 4 is 35.0 Å². The van der Waals surface area contributed by atoms with E-state index in [1.807, 2.05) is 30.3 Å². The highest BCUT2D eigenvalue weighted by Crippen LogP contribution is 2.37. The van der Waals surface area contributed by atoms with E-state index in [4.69, 9.17) is 25.8 Å². The van der Waals surface area contributed by atoms with E-state index in [9.17, 15) is 9.59 Å². The fraction of sp³-hybridized carbons (Fsp3) is 0.345. The van der Waals surface area contributed by atoms with Crippen molar-refractivity contribution in [1.29, 1.82) is 0 Å². The summed E-state index contributed by atoms with van der Waals surface area (Å²) in [5.41, 5.74) is 1.89. The highest BCUT2D eigenvalue weighted by atomic mass is 35.5. The summed E-state index contributed by atoms with van der Waals surface area (Å²) in [5, 5.41) is 0.453. The number of carbonyl (C=O) groups is 1. The Morgan fingerprint density at radius 1 is 1.16 bits per heavy atom. The quantitative estimate of drug-likeness (QED) is 0.371. The minimum absolute atomic E-state index is 0.268. The molecule has 0 saturated carbocycles. The van der Waals surface area contributed by atoms with Crippen molar-refractivity contribution in [3.05, 3.63) is 89.6 Å². The number of aromatic nitrogens is 1. The summed E-state index contributed by atoms with van der Waals surface area (Å²) < 4.78 is 18.9. The highest BCUT2D eigenvalue weighted by Gasteiger charge is 2.35. The monoisotopic (exact) mass is 554 g/mol. The van der Waals surface area contributed by atoms with Gasteiger partial charge in [0.1, 0.15) is 17.5 Å². The number of thiazole rings is 1. The molecule has 38 heavy (non-hydrogen) atoms. The van der Waals surface area contributed by atoms with E-state index < -0.39 is 12.0 Å². The van der Waals surface area contributed by atoms with Gasteiger partial charge in [-0.2, -0.15) is 0 Å². The van der Waals surface area contributed by atoms with Crippen LogP contribution in [0.25, 0.3) is 6.08 Å². The van der Waals surface area contributed by atoms with Crippen molar-refractivity contribution in [2.24, 2.45) is 10.9 Å². The van der Waals surface area contributed by atoms with Gasteiger partial charge in [-0.15, -0.1) is 0 Å². The highest BCUT2D eigenvalue weighted by molar-refractivity contribution is 7.07. The summed E-state index contributed by atoms with van der Waals surface area (Å²) in [6, 6.07) is 11.9. The number of benzene rings is 2. The van der Waals surface area contributed by atoms with Gasteiger partial charge in [0.2, 0.25) is 0 Å². The Kier molecular flexibility index (Phi) is 8.43. The van der Waals surface area contributed by atoms with Crippen LogP contribution < -0.4 is 24.4 Å². The summed E-state index contributed by atoms with van der Waals surface area (Å²) in [5.74, 6) is 1.15. The van der Waals surface area contributed by atoms with Gasteiger partial charge in [-0.25, -0.2) is 9.79 Å². The zero-order chi connectivity index (χ0) is 27.6. The lowest BCUT2D eigenvalue weighted by Gasteiger charge is -2.26. The Morgan fingerprint density at radius 3 is 2.50 bits per heavy atom. The number of hydrogen-bond donors (Lipinski definition) is 0. The molecule has 0 amide bonds. The molecule has 0 unspecified atom stereocenters. The van der Waals surface area contributed by atoms with E-state index in [0.29, 0.717) is 43.9 Å². The van der Waals surface area contributed by atoms with E-state index >= 15 is 0 Å². The number of nitrogens with zero attached hydrogens (tertiary/aromatic N) is 2. The first-order valence-corrected chi connectivity index (χ1v) is 13.6. The van der Waals surface area contributed by atoms with Crippen LogP contribution in [0.3, 0.4) is 0 Å². The van der Waals surface area contributed by atoms with E-state index in [1.165, 1.54) is 23.0 Å². The second-order valence-electron chi connectivity index (χ2n) is 9.70. The molecule has 200 valence electrons. The average molecular weight is 555 g/mol. The molecule has 2 aromatic carbocycles. The molecule has 9 heteroatoms. The third kappa shape index (κ3) is 5.87. The number of esters is 1. The van der Waals surface area contributed by atoms with E-state index in [2.05, 4.69) is 18.8 Å². The van der Waals surface area contributed by atoms with Gasteiger partial charge < -0.3 is 14.2 Å². The Bertz CT molecular complexity index is 1550. The van der Waals surface area contributed by atoms with Crippen LogP contribution in [-0.2, 0) is 9.53 Å². The topological polar surface area (TPSA) is 79.1 Å². The smallest absolute Gasteiger partial charge is 0.338 e. The van der Waals surface area contributed by atoms with Crippen molar-refractivity contribution in [3.8, 4) is 11.5 Å². The number of ether oxygens (including phenoxy) is 3. The molecule has 1 atom stereocenters. The van der Waals surface area contributed by atoms with Crippen LogP contribution in [0, 0.1) is 5.92 Å². The summed E-state index contributed by atoms with van der Waals surface area (Å²) in [4.78, 5) is 32.2. The summed E-state index contributed by atoms with van der Waals surface area (Å²) in [6.07, 6.45) is 1.47. The standard InChI is InChI=1S/C29H31ClN2O5S/c1-16(2)15-36-21-10-7-19(8-11-21)13-24-27(33)32-26(22-14-20(30)9-12-23(22)35-6)25(28(34)37-17(3)4)18(5)31-29(32)38-24/h7-14,16-17,26H,15H2,1-6H3/b24-13-/t26-/m0/s1. The number of fused-ring (bicyclic) bond motifs is 1. The van der Waals surface area contributed by atoms with Crippen LogP contribution in [0.1, 0.15) is 51.8 Å². The Labute approximate surface area is 230 Å². The molecule has 0 bridgehead atoms. The SMILES string of the molecule is COc1ccc(Cl)cc1[C@H]1C(C(=O)OC(C)C)=C(C)N=c2s/c(=C\c3ccc(OCC(C)C)cc3)c(=O)n21. The largest absolute Gasteiger partial charge is 0.496 e. The number of rotatable bonds is 8. The normalized spacial score (nSPS) is 15.5. The maximum atomic E-state index is 13.8. The van der Waals surface area contributed by atoms with Crippen LogP contribution >= 0.6 is 22.9 Å². The number of hydrogen-bond acceptors (Lipinski definition) is 7.